The Labute approximate surface area is 169 Å². The van der Waals surface area contributed by atoms with E-state index in [2.05, 4.69) is 10.6 Å². The molecule has 0 radical (unpaired) electrons. The number of carbonyl (C=O) groups excluding carboxylic acids is 2. The van der Waals surface area contributed by atoms with Crippen molar-refractivity contribution in [1.29, 1.82) is 0 Å². The van der Waals surface area contributed by atoms with Gasteiger partial charge in [0.2, 0.25) is 11.8 Å². The molecule has 7 heteroatoms. The van der Waals surface area contributed by atoms with Crippen molar-refractivity contribution >= 4 is 29.2 Å². The molecule has 0 bridgehead atoms. The normalized spacial score (nSPS) is 15.4. The monoisotopic (exact) mass is 396 g/mol. The van der Waals surface area contributed by atoms with Crippen molar-refractivity contribution < 1.29 is 24.2 Å². The molecule has 3 rings (SSSR count). The van der Waals surface area contributed by atoms with E-state index in [0.29, 0.717) is 24.3 Å². The molecule has 1 unspecified atom stereocenters. The average Bonchev–Trinajstić information content (AvgIpc) is 2.67. The van der Waals surface area contributed by atoms with E-state index in [1.54, 1.807) is 0 Å². The number of amides is 2. The number of fused-ring (bicyclic) bond motifs is 1. The molecule has 1 aliphatic rings. The van der Waals surface area contributed by atoms with Crippen molar-refractivity contribution in [2.75, 3.05) is 10.6 Å². The standard InChI is InChI=1S/C22H24N2O5/c1-13(2)29-19-9-7-16(22(27)28)12-18(19)23-20(25)10-8-15-11-14-5-3-4-6-17(14)24-21(15)26/h3-7,9,12-13,15H,8,10-11H2,1-2H3,(H,23,25)(H,24,26)(H,27,28). The summed E-state index contributed by atoms with van der Waals surface area (Å²) in [5, 5.41) is 14.8. The van der Waals surface area contributed by atoms with Gasteiger partial charge in [0.25, 0.3) is 0 Å². The van der Waals surface area contributed by atoms with Gasteiger partial charge in [0.05, 0.1) is 17.4 Å². The molecule has 2 amide bonds. The number of para-hydroxylation sites is 1. The molecule has 7 nitrogen and oxygen atoms in total. The molecule has 1 atom stereocenters. The third kappa shape index (κ3) is 5.13. The summed E-state index contributed by atoms with van der Waals surface area (Å²) in [6, 6.07) is 12.0. The number of benzene rings is 2. The maximum absolute atomic E-state index is 12.5. The first kappa shape index (κ1) is 20.4. The lowest BCUT2D eigenvalue weighted by molar-refractivity contribution is -0.121. The Hall–Kier alpha value is -3.35. The van der Waals surface area contributed by atoms with Crippen molar-refractivity contribution in [1.82, 2.24) is 0 Å². The number of hydrogen-bond donors (Lipinski definition) is 3. The van der Waals surface area contributed by atoms with Gasteiger partial charge in [0, 0.05) is 18.0 Å². The molecule has 2 aromatic carbocycles. The largest absolute Gasteiger partial charge is 0.489 e. The summed E-state index contributed by atoms with van der Waals surface area (Å²) in [5.41, 5.74) is 2.24. The van der Waals surface area contributed by atoms with Crippen LogP contribution < -0.4 is 15.4 Å². The maximum atomic E-state index is 12.5. The number of anilines is 2. The first-order chi connectivity index (χ1) is 13.8. The van der Waals surface area contributed by atoms with Crippen LogP contribution in [0.15, 0.2) is 42.5 Å². The van der Waals surface area contributed by atoms with Crippen LogP contribution in [0.5, 0.6) is 5.75 Å². The van der Waals surface area contributed by atoms with Crippen molar-refractivity contribution in [2.24, 2.45) is 5.92 Å². The van der Waals surface area contributed by atoms with Gasteiger partial charge >= 0.3 is 5.97 Å². The predicted octanol–water partition coefficient (Wildman–Crippen LogP) is 3.70. The van der Waals surface area contributed by atoms with Gasteiger partial charge in [-0.25, -0.2) is 4.79 Å². The Morgan fingerprint density at radius 2 is 2.00 bits per heavy atom. The molecule has 0 saturated heterocycles. The Morgan fingerprint density at radius 1 is 1.24 bits per heavy atom. The van der Waals surface area contributed by atoms with E-state index in [9.17, 15) is 19.5 Å². The van der Waals surface area contributed by atoms with E-state index in [4.69, 9.17) is 4.74 Å². The molecule has 1 aliphatic heterocycles. The molecule has 2 aromatic rings. The lowest BCUT2D eigenvalue weighted by Crippen LogP contribution is -2.30. The minimum atomic E-state index is -1.09. The fourth-order valence-corrected chi connectivity index (χ4v) is 3.28. The molecular weight excluding hydrogens is 372 g/mol. The summed E-state index contributed by atoms with van der Waals surface area (Å²) in [7, 11) is 0. The van der Waals surface area contributed by atoms with Gasteiger partial charge in [-0.2, -0.15) is 0 Å². The molecule has 1 heterocycles. The minimum absolute atomic E-state index is 0.0553. The van der Waals surface area contributed by atoms with Crippen LogP contribution in [0.2, 0.25) is 0 Å². The number of nitrogens with one attached hydrogen (secondary N) is 2. The second kappa shape index (κ2) is 8.77. The molecule has 152 valence electrons. The highest BCUT2D eigenvalue weighted by molar-refractivity contribution is 5.97. The van der Waals surface area contributed by atoms with Gasteiger partial charge < -0.3 is 20.5 Å². The SMILES string of the molecule is CC(C)Oc1ccc(C(=O)O)cc1NC(=O)CCC1Cc2ccccc2NC1=O. The summed E-state index contributed by atoms with van der Waals surface area (Å²) >= 11 is 0. The van der Waals surface area contributed by atoms with Gasteiger partial charge in [-0.3, -0.25) is 9.59 Å². The maximum Gasteiger partial charge on any atom is 0.335 e. The van der Waals surface area contributed by atoms with E-state index in [0.717, 1.165) is 11.3 Å². The van der Waals surface area contributed by atoms with Crippen LogP contribution in [0, 0.1) is 5.92 Å². The summed E-state index contributed by atoms with van der Waals surface area (Å²) in [4.78, 5) is 36.0. The Kier molecular flexibility index (Phi) is 6.16. The average molecular weight is 396 g/mol. The van der Waals surface area contributed by atoms with Crippen molar-refractivity contribution in [2.45, 2.75) is 39.2 Å². The zero-order valence-electron chi connectivity index (χ0n) is 16.4. The third-order valence-corrected chi connectivity index (χ3v) is 4.70. The van der Waals surface area contributed by atoms with Crippen LogP contribution in [-0.2, 0) is 16.0 Å². The topological polar surface area (TPSA) is 105 Å². The Bertz CT molecular complexity index is 939. The Morgan fingerprint density at radius 3 is 2.72 bits per heavy atom. The van der Waals surface area contributed by atoms with E-state index in [-0.39, 0.29) is 35.8 Å². The van der Waals surface area contributed by atoms with Gasteiger partial charge in [-0.15, -0.1) is 0 Å². The Balaban J connectivity index is 1.65. The van der Waals surface area contributed by atoms with Gasteiger partial charge in [-0.1, -0.05) is 18.2 Å². The van der Waals surface area contributed by atoms with Gasteiger partial charge in [-0.05, 0) is 56.5 Å². The first-order valence-electron chi connectivity index (χ1n) is 9.56. The summed E-state index contributed by atoms with van der Waals surface area (Å²) in [5.74, 6) is -1.36. The number of hydrogen-bond acceptors (Lipinski definition) is 4. The quantitative estimate of drug-likeness (QED) is 0.662. The van der Waals surface area contributed by atoms with E-state index in [1.165, 1.54) is 18.2 Å². The van der Waals surface area contributed by atoms with Crippen LogP contribution in [0.1, 0.15) is 42.6 Å². The number of carboxylic acids is 1. The smallest absolute Gasteiger partial charge is 0.335 e. The van der Waals surface area contributed by atoms with Crippen LogP contribution in [-0.4, -0.2) is 29.0 Å². The molecule has 0 saturated carbocycles. The molecule has 0 aliphatic carbocycles. The zero-order chi connectivity index (χ0) is 21.0. The first-order valence-corrected chi connectivity index (χ1v) is 9.56. The summed E-state index contributed by atoms with van der Waals surface area (Å²) in [6.07, 6.45) is 0.988. The molecular formula is C22H24N2O5. The highest BCUT2D eigenvalue weighted by Gasteiger charge is 2.26. The highest BCUT2D eigenvalue weighted by Crippen LogP contribution is 2.29. The second-order valence-electron chi connectivity index (χ2n) is 7.32. The highest BCUT2D eigenvalue weighted by atomic mass is 16.5. The molecule has 0 spiro atoms. The van der Waals surface area contributed by atoms with Crippen molar-refractivity contribution in [3.8, 4) is 5.75 Å². The second-order valence-corrected chi connectivity index (χ2v) is 7.32. The molecule has 3 N–H and O–H groups in total. The lowest BCUT2D eigenvalue weighted by atomic mass is 9.89. The molecule has 0 fully saturated rings. The fraction of sp³-hybridized carbons (Fsp3) is 0.318. The van der Waals surface area contributed by atoms with Crippen LogP contribution in [0.4, 0.5) is 11.4 Å². The fourth-order valence-electron chi connectivity index (χ4n) is 3.28. The number of ether oxygens (including phenoxy) is 1. The number of carboxylic acid groups (broad SMARTS) is 1. The minimum Gasteiger partial charge on any atom is -0.489 e. The van der Waals surface area contributed by atoms with Gasteiger partial charge in [0.1, 0.15) is 5.75 Å². The van der Waals surface area contributed by atoms with E-state index < -0.39 is 5.97 Å². The summed E-state index contributed by atoms with van der Waals surface area (Å²) < 4.78 is 5.66. The van der Waals surface area contributed by atoms with Gasteiger partial charge in [0.15, 0.2) is 0 Å². The zero-order valence-corrected chi connectivity index (χ0v) is 16.4. The van der Waals surface area contributed by atoms with Crippen LogP contribution >= 0.6 is 0 Å². The summed E-state index contributed by atoms with van der Waals surface area (Å²) in [6.45, 7) is 3.69. The number of aromatic carboxylic acids is 1. The van der Waals surface area contributed by atoms with Crippen molar-refractivity contribution in [3.05, 3.63) is 53.6 Å². The third-order valence-electron chi connectivity index (χ3n) is 4.70. The molecule has 0 aromatic heterocycles. The van der Waals surface area contributed by atoms with E-state index >= 15 is 0 Å². The van der Waals surface area contributed by atoms with Crippen molar-refractivity contribution in [3.63, 3.8) is 0 Å². The number of rotatable bonds is 7. The number of carbonyl (C=O) groups is 3. The predicted molar refractivity (Wildman–Crippen MR) is 109 cm³/mol. The molecule has 29 heavy (non-hydrogen) atoms. The van der Waals surface area contributed by atoms with Crippen LogP contribution in [0.25, 0.3) is 0 Å². The van der Waals surface area contributed by atoms with Crippen LogP contribution in [0.3, 0.4) is 0 Å². The lowest BCUT2D eigenvalue weighted by Gasteiger charge is -2.24. The van der Waals surface area contributed by atoms with E-state index in [1.807, 2.05) is 38.1 Å².